The topological polar surface area (TPSA) is 76.7 Å². The van der Waals surface area contributed by atoms with E-state index < -0.39 is 17.9 Å². The largest absolute Gasteiger partial charge is 0.366 e. The van der Waals surface area contributed by atoms with Crippen LogP contribution in [0.5, 0.6) is 0 Å². The van der Waals surface area contributed by atoms with Crippen molar-refractivity contribution in [3.8, 4) is 11.4 Å². The number of fused-ring (bicyclic) bond motifs is 1. The molecule has 3 N–H and O–H groups in total. The minimum absolute atomic E-state index is 0.244. The maximum absolute atomic E-state index is 13.5. The molecule has 1 aromatic carbocycles. The molecule has 1 amide bonds. The van der Waals surface area contributed by atoms with Crippen LogP contribution < -0.4 is 5.73 Å². The van der Waals surface area contributed by atoms with Crippen LogP contribution in [0, 0.1) is 0 Å². The molecule has 4 rings (SSSR count). The Hall–Kier alpha value is -1.93. The summed E-state index contributed by atoms with van der Waals surface area (Å²) in [7, 11) is 0. The molecule has 1 aliphatic carbocycles. The van der Waals surface area contributed by atoms with Gasteiger partial charge in [-0.15, -0.1) is 0 Å². The third-order valence-electron chi connectivity index (χ3n) is 4.50. The first kappa shape index (κ1) is 16.5. The van der Waals surface area contributed by atoms with Crippen LogP contribution >= 0.6 is 27.5 Å². The number of rotatable bonds is 4. The van der Waals surface area contributed by atoms with E-state index >= 15 is 0 Å². The Bertz CT molecular complexity index is 1010. The van der Waals surface area contributed by atoms with E-state index in [4.69, 9.17) is 17.3 Å². The first-order valence-corrected chi connectivity index (χ1v) is 8.65. The number of carbonyl (C=O) groups excluding carboxylic acids is 1. The van der Waals surface area contributed by atoms with Gasteiger partial charge in [-0.05, 0) is 47.0 Å². The molecule has 25 heavy (non-hydrogen) atoms. The van der Waals surface area contributed by atoms with Gasteiger partial charge in [0.25, 0.3) is 12.3 Å². The predicted molar refractivity (Wildman–Crippen MR) is 94.0 cm³/mol. The Morgan fingerprint density at radius 2 is 2.08 bits per heavy atom. The fourth-order valence-electron chi connectivity index (χ4n) is 3.07. The molecule has 1 fully saturated rings. The first-order valence-electron chi connectivity index (χ1n) is 7.48. The van der Waals surface area contributed by atoms with Gasteiger partial charge in [0.15, 0.2) is 0 Å². The van der Waals surface area contributed by atoms with E-state index in [1.54, 1.807) is 18.2 Å². The number of nitrogens with zero attached hydrogens (tertiary/aromatic N) is 2. The molecule has 0 atom stereocenters. The Morgan fingerprint density at radius 3 is 2.68 bits per heavy atom. The molecular formula is C16H12BrClF2N4O. The van der Waals surface area contributed by atoms with Crippen LogP contribution in [0.15, 0.2) is 28.9 Å². The van der Waals surface area contributed by atoms with Crippen LogP contribution in [0.3, 0.4) is 0 Å². The molecule has 2 heterocycles. The number of aromatic nitrogens is 3. The summed E-state index contributed by atoms with van der Waals surface area (Å²) in [5, 5.41) is 5.24. The number of nitrogens with one attached hydrogen (secondary N) is 1. The van der Waals surface area contributed by atoms with Gasteiger partial charge in [0.05, 0.1) is 22.5 Å². The van der Waals surface area contributed by atoms with Crippen LogP contribution in [0.2, 0.25) is 5.02 Å². The maximum Gasteiger partial charge on any atom is 0.263 e. The summed E-state index contributed by atoms with van der Waals surface area (Å²) in [4.78, 5) is 14.8. The lowest BCUT2D eigenvalue weighted by atomic mass is 10.1. The molecule has 3 aromatic rings. The molecule has 0 radical (unpaired) electrons. The Labute approximate surface area is 154 Å². The number of hydrogen-bond donors (Lipinski definition) is 2. The van der Waals surface area contributed by atoms with Crippen molar-refractivity contribution in [3.05, 3.63) is 39.5 Å². The maximum atomic E-state index is 13.5. The Kier molecular flexibility index (Phi) is 3.66. The van der Waals surface area contributed by atoms with E-state index in [-0.39, 0.29) is 5.56 Å². The standard InChI is InChI=1S/C16H12BrClF2N4O/c17-12-6-11(24(23-12)16(1-2-16)15(19)20)10-4-7-3-8(18)5-9(14(21)25)13(7)22-10/h3-6,15,22H,1-2H2,(H2,21,25). The van der Waals surface area contributed by atoms with Crippen LogP contribution in [0.1, 0.15) is 23.2 Å². The zero-order chi connectivity index (χ0) is 17.9. The monoisotopic (exact) mass is 428 g/mol. The van der Waals surface area contributed by atoms with E-state index in [0.717, 1.165) is 0 Å². The number of alkyl halides is 2. The van der Waals surface area contributed by atoms with Crippen molar-refractivity contribution in [2.45, 2.75) is 24.8 Å². The summed E-state index contributed by atoms with van der Waals surface area (Å²) in [5.41, 5.74) is 5.96. The van der Waals surface area contributed by atoms with Crippen LogP contribution in [0.25, 0.3) is 22.3 Å². The molecule has 0 unspecified atom stereocenters. The highest BCUT2D eigenvalue weighted by Gasteiger charge is 2.55. The van der Waals surface area contributed by atoms with Crippen LogP contribution in [0.4, 0.5) is 8.78 Å². The molecule has 5 nitrogen and oxygen atoms in total. The number of amides is 1. The van der Waals surface area contributed by atoms with Crippen LogP contribution in [-0.4, -0.2) is 27.1 Å². The molecule has 0 spiro atoms. The summed E-state index contributed by atoms with van der Waals surface area (Å²) in [6.07, 6.45) is -1.78. The second-order valence-corrected chi connectivity index (χ2v) is 7.38. The fraction of sp³-hybridized carbons (Fsp3) is 0.250. The van der Waals surface area contributed by atoms with E-state index in [2.05, 4.69) is 26.0 Å². The highest BCUT2D eigenvalue weighted by atomic mass is 79.9. The van der Waals surface area contributed by atoms with Gasteiger partial charge in [0, 0.05) is 16.5 Å². The lowest BCUT2D eigenvalue weighted by molar-refractivity contribution is 0.0611. The second-order valence-electron chi connectivity index (χ2n) is 6.13. The third-order valence-corrected chi connectivity index (χ3v) is 5.11. The summed E-state index contributed by atoms with van der Waals surface area (Å²) in [6.45, 7) is 0. The molecule has 1 saturated carbocycles. The average molecular weight is 430 g/mol. The quantitative estimate of drug-likeness (QED) is 0.649. The van der Waals surface area contributed by atoms with Crippen molar-refractivity contribution in [3.63, 3.8) is 0 Å². The number of primary amides is 1. The van der Waals surface area contributed by atoms with Crippen molar-refractivity contribution in [2.75, 3.05) is 0 Å². The van der Waals surface area contributed by atoms with Crippen molar-refractivity contribution in [1.29, 1.82) is 0 Å². The normalized spacial score (nSPS) is 15.9. The lowest BCUT2D eigenvalue weighted by Crippen LogP contribution is -2.27. The zero-order valence-corrected chi connectivity index (χ0v) is 15.0. The van der Waals surface area contributed by atoms with Gasteiger partial charge in [0.1, 0.15) is 10.1 Å². The van der Waals surface area contributed by atoms with Gasteiger partial charge in [0.2, 0.25) is 0 Å². The lowest BCUT2D eigenvalue weighted by Gasteiger charge is -2.17. The van der Waals surface area contributed by atoms with Gasteiger partial charge >= 0.3 is 0 Å². The second kappa shape index (κ2) is 5.54. The fourth-order valence-corrected chi connectivity index (χ4v) is 3.68. The van der Waals surface area contributed by atoms with Gasteiger partial charge in [-0.2, -0.15) is 5.10 Å². The van der Waals surface area contributed by atoms with E-state index in [9.17, 15) is 13.6 Å². The Balaban J connectivity index is 1.92. The number of benzene rings is 1. The number of carbonyl (C=O) groups is 1. The van der Waals surface area contributed by atoms with E-state index in [1.165, 1.54) is 10.7 Å². The SMILES string of the molecule is NC(=O)c1cc(Cl)cc2cc(-c3cc(Br)nn3C3(C(F)F)CC3)[nH]c12. The molecule has 0 saturated heterocycles. The molecule has 130 valence electrons. The third kappa shape index (κ3) is 2.55. The molecule has 0 bridgehead atoms. The Morgan fingerprint density at radius 1 is 1.36 bits per heavy atom. The van der Waals surface area contributed by atoms with E-state index in [1.807, 2.05) is 0 Å². The van der Waals surface area contributed by atoms with Crippen molar-refractivity contribution in [1.82, 2.24) is 14.8 Å². The highest BCUT2D eigenvalue weighted by Crippen LogP contribution is 2.50. The first-order chi connectivity index (χ1) is 11.8. The van der Waals surface area contributed by atoms with Gasteiger partial charge < -0.3 is 10.7 Å². The summed E-state index contributed by atoms with van der Waals surface area (Å²) in [5.74, 6) is -0.623. The summed E-state index contributed by atoms with van der Waals surface area (Å²) >= 11 is 9.29. The number of H-pyrrole nitrogens is 1. The number of halogens is 4. The van der Waals surface area contributed by atoms with Crippen LogP contribution in [-0.2, 0) is 5.54 Å². The number of nitrogens with two attached hydrogens (primary N) is 1. The molecule has 2 aromatic heterocycles. The average Bonchev–Trinajstić information content (AvgIpc) is 3.10. The zero-order valence-electron chi connectivity index (χ0n) is 12.7. The smallest absolute Gasteiger partial charge is 0.263 e. The molecule has 0 aliphatic heterocycles. The summed E-state index contributed by atoms with van der Waals surface area (Å²) in [6, 6.07) is 6.56. The van der Waals surface area contributed by atoms with Gasteiger partial charge in [-0.3, -0.25) is 9.48 Å². The van der Waals surface area contributed by atoms with Crippen molar-refractivity contribution in [2.24, 2.45) is 5.73 Å². The molecule has 1 aliphatic rings. The number of aromatic amines is 1. The van der Waals surface area contributed by atoms with Gasteiger partial charge in [-0.1, -0.05) is 11.6 Å². The van der Waals surface area contributed by atoms with Gasteiger partial charge in [-0.25, -0.2) is 8.78 Å². The summed E-state index contributed by atoms with van der Waals surface area (Å²) < 4.78 is 28.9. The van der Waals surface area contributed by atoms with E-state index in [0.29, 0.717) is 44.8 Å². The highest BCUT2D eigenvalue weighted by molar-refractivity contribution is 9.10. The molecule has 9 heteroatoms. The minimum Gasteiger partial charge on any atom is -0.366 e. The minimum atomic E-state index is -2.52. The van der Waals surface area contributed by atoms with Crippen molar-refractivity contribution >= 4 is 44.3 Å². The van der Waals surface area contributed by atoms with Crippen molar-refractivity contribution < 1.29 is 13.6 Å². The molecular weight excluding hydrogens is 418 g/mol. The number of hydrogen-bond acceptors (Lipinski definition) is 2. The predicted octanol–water partition coefficient (Wildman–Crippen LogP) is 4.30.